The highest BCUT2D eigenvalue weighted by atomic mass is 19.1. The Morgan fingerprint density at radius 3 is 0.950 bits per heavy atom. The van der Waals surface area contributed by atoms with Gasteiger partial charge < -0.3 is 77.0 Å². The summed E-state index contributed by atoms with van der Waals surface area (Å²) in [6.45, 7) is 26.5. The van der Waals surface area contributed by atoms with Gasteiger partial charge in [-0.25, -0.2) is 17.6 Å². The molecule has 1 amide bonds. The van der Waals surface area contributed by atoms with E-state index in [0.29, 0.717) is 139 Å². The highest BCUT2D eigenvalue weighted by molar-refractivity contribution is 6.62. The zero-order chi connectivity index (χ0) is 85.0. The van der Waals surface area contributed by atoms with Crippen LogP contribution in [-0.4, -0.2) is 177 Å². The van der Waals surface area contributed by atoms with E-state index in [4.69, 9.17) is 71.7 Å². The summed E-state index contributed by atoms with van der Waals surface area (Å²) in [5.41, 5.74) is 16.3. The van der Waals surface area contributed by atoms with Gasteiger partial charge in [-0.05, 0) is 277 Å². The molecular weight excluding hydrogens is 1530 g/mol. The minimum atomic E-state index is -0.548. The van der Waals surface area contributed by atoms with E-state index in [2.05, 4.69) is 115 Å². The lowest BCUT2D eigenvalue weighted by Crippen LogP contribution is -2.41. The van der Waals surface area contributed by atoms with Crippen LogP contribution in [0, 0.1) is 23.3 Å². The van der Waals surface area contributed by atoms with Gasteiger partial charge in [0.2, 0.25) is 5.91 Å². The van der Waals surface area contributed by atoms with Gasteiger partial charge in [0.05, 0.1) is 88.5 Å². The summed E-state index contributed by atoms with van der Waals surface area (Å²) < 4.78 is 147. The molecule has 3 N–H and O–H groups in total. The number of rotatable bonds is 45. The molecule has 8 aromatic carbocycles. The first kappa shape index (κ1) is 94.4. The van der Waals surface area contributed by atoms with Crippen LogP contribution in [-0.2, 0) is 72.1 Å². The Hall–Kier alpha value is -7.84. The van der Waals surface area contributed by atoms with Crippen molar-refractivity contribution in [3.63, 3.8) is 0 Å². The fourth-order valence-electron chi connectivity index (χ4n) is 16.4. The molecule has 0 saturated carbocycles. The Labute approximate surface area is 710 Å². The summed E-state index contributed by atoms with van der Waals surface area (Å²) in [5.74, 6) is -0.788. The van der Waals surface area contributed by atoms with Gasteiger partial charge >= 0.3 is 14.2 Å². The number of fused-ring (bicyclic) bond motifs is 6. The number of carbonyl (C=O) groups excluding carboxylic acids is 1. The average Bonchev–Trinajstić information content (AvgIpc) is 1.56. The van der Waals surface area contributed by atoms with Gasteiger partial charge in [-0.2, -0.15) is 0 Å². The van der Waals surface area contributed by atoms with Crippen molar-refractivity contribution >= 4 is 31.1 Å². The van der Waals surface area contributed by atoms with E-state index in [1.54, 1.807) is 77.0 Å². The zero-order valence-corrected chi connectivity index (χ0v) is 72.0. The van der Waals surface area contributed by atoms with E-state index in [-0.39, 0.29) is 35.6 Å². The summed E-state index contributed by atoms with van der Waals surface area (Å²) in [5, 5.41) is 2.77. The van der Waals surface area contributed by atoms with E-state index in [9.17, 15) is 4.79 Å². The molecule has 120 heavy (non-hydrogen) atoms. The Bertz CT molecular complexity index is 4580. The maximum atomic E-state index is 16.4. The topological polar surface area (TPSA) is 184 Å². The molecule has 0 radical (unpaired) electrons. The van der Waals surface area contributed by atoms with Crippen LogP contribution >= 0.6 is 0 Å². The lowest BCUT2D eigenvalue weighted by atomic mass is 9.69. The predicted octanol–water partition coefficient (Wildman–Crippen LogP) is 18.6. The number of amides is 1. The molecular formula is C97H126B2F4N2O15. The average molecular weight is 1660 g/mol. The lowest BCUT2D eigenvalue weighted by molar-refractivity contribution is -0.118. The van der Waals surface area contributed by atoms with Crippen LogP contribution in [0.2, 0.25) is 0 Å². The molecule has 23 heteroatoms. The largest absolute Gasteiger partial charge is 0.494 e. The smallest absolute Gasteiger partial charge is 0.494 e. The van der Waals surface area contributed by atoms with Crippen LogP contribution in [0.25, 0.3) is 66.8 Å². The SMILES string of the molecule is C.COCCOCCCC1(CCCOCCOC)c2cc(B3OC(C)(C)C(C)(C)O3)ccc2-c2ccc(-c3cc(F)c(-c4ccc(OCCCCN)cc4)cc3F)cc21.COCCOCCCC1(CCCOCCOC)c2cc(B3OC(C)(C)C(C)(C)O3)ccc2-c2ccc(-c3cc(F)c(-c4ccc(OCCCCNC(C)=O)cc4)cc3F)cc21. The van der Waals surface area contributed by atoms with E-state index in [1.807, 2.05) is 18.2 Å². The van der Waals surface area contributed by atoms with Crippen molar-refractivity contribution in [2.24, 2.45) is 5.73 Å². The van der Waals surface area contributed by atoms with Crippen LogP contribution in [0.3, 0.4) is 0 Å². The first-order valence-corrected chi connectivity index (χ1v) is 42.2. The molecule has 2 saturated heterocycles. The van der Waals surface area contributed by atoms with E-state index < -0.39 is 70.7 Å². The van der Waals surface area contributed by atoms with E-state index in [0.717, 1.165) is 132 Å². The first-order valence-electron chi connectivity index (χ1n) is 42.2. The Morgan fingerprint density at radius 2 is 0.642 bits per heavy atom. The quantitative estimate of drug-likeness (QED) is 0.0208. The summed E-state index contributed by atoms with van der Waals surface area (Å²) in [6, 6.07) is 44.2. The first-order chi connectivity index (χ1) is 57.2. The number of unbranched alkanes of at least 4 members (excludes halogenated alkanes) is 2. The van der Waals surface area contributed by atoms with E-state index >= 15 is 17.6 Å². The third-order valence-corrected chi connectivity index (χ3v) is 24.3. The maximum Gasteiger partial charge on any atom is 0.494 e. The molecule has 0 aromatic heterocycles. The molecule has 0 atom stereocenters. The molecule has 17 nitrogen and oxygen atoms in total. The van der Waals surface area contributed by atoms with Gasteiger partial charge in [-0.1, -0.05) is 92.4 Å². The molecule has 8 aromatic rings. The molecule has 2 heterocycles. The number of hydrogen-bond donors (Lipinski definition) is 2. The van der Waals surface area contributed by atoms with Crippen molar-refractivity contribution < 1.29 is 88.3 Å². The lowest BCUT2D eigenvalue weighted by Gasteiger charge is -2.33. The van der Waals surface area contributed by atoms with Gasteiger partial charge in [0.1, 0.15) is 34.8 Å². The van der Waals surface area contributed by atoms with E-state index in [1.165, 1.54) is 31.2 Å². The minimum Gasteiger partial charge on any atom is -0.494 e. The van der Waals surface area contributed by atoms with Gasteiger partial charge in [0.25, 0.3) is 0 Å². The second-order valence-electron chi connectivity index (χ2n) is 33.4. The van der Waals surface area contributed by atoms with Gasteiger partial charge in [0, 0.05) is 101 Å². The molecule has 2 fully saturated rings. The van der Waals surface area contributed by atoms with Crippen LogP contribution in [0.5, 0.6) is 11.5 Å². The van der Waals surface area contributed by atoms with Crippen molar-refractivity contribution in [3.8, 4) is 78.3 Å². The number of methoxy groups -OCH3 is 4. The number of carbonyl (C=O) groups is 1. The molecule has 0 bridgehead atoms. The Morgan fingerprint density at radius 1 is 0.350 bits per heavy atom. The standard InChI is InChI=1S/C49H62BF2NO8.C47H60BF2NO7.CH4/c1-34(54)53-22-8-9-25-59-38-16-12-35(13-17-38)41-32-46(52)42(33-45(41)51)36-14-18-39-40-19-15-37(50-60-47(2,3)48(4,5)61-50)31-44(40)49(43(39)30-36,20-10-23-57-28-26-55-6)21-11-24-58-29-27-56-7;1-45(2)46(3,4)58-48(57-45)35-14-18-38-37-17-13-34(40-32-43(49)39(31-44(40)50)33-11-15-36(16-12-33)56-24-8-7-21-51)29-41(37)47(42(38)30-35,19-9-22-54-27-25-52-5)20-10-23-55-28-26-53-6;/h12-19,30-33H,8-11,20-29H2,1-7H3,(H,53,54);11-18,29-32H,7-10,19-28,51H2,1-6H3;1H4. The number of benzene rings is 8. The predicted molar refractivity (Wildman–Crippen MR) is 470 cm³/mol. The maximum absolute atomic E-state index is 16.4. The van der Waals surface area contributed by atoms with Gasteiger partial charge in [-0.15, -0.1) is 0 Å². The normalized spacial score (nSPS) is 15.8. The van der Waals surface area contributed by atoms with Crippen molar-refractivity contribution in [2.45, 2.75) is 180 Å². The summed E-state index contributed by atoms with van der Waals surface area (Å²) in [6.07, 6.45) is 9.39. The van der Waals surface area contributed by atoms with Crippen molar-refractivity contribution in [3.05, 3.63) is 191 Å². The fraction of sp³-hybridized carbons (Fsp3) is 0.495. The molecule has 0 spiro atoms. The zero-order valence-electron chi connectivity index (χ0n) is 72.0. The summed E-state index contributed by atoms with van der Waals surface area (Å²) in [4.78, 5) is 11.1. The van der Waals surface area contributed by atoms with Crippen molar-refractivity contribution in [2.75, 3.05) is 134 Å². The third kappa shape index (κ3) is 22.6. The number of nitrogens with one attached hydrogen (secondary N) is 1. The monoisotopic (exact) mass is 1660 g/mol. The number of ether oxygens (including phenoxy) is 10. The van der Waals surface area contributed by atoms with Crippen LogP contribution in [0.1, 0.15) is 169 Å². The molecule has 4 aliphatic rings. The van der Waals surface area contributed by atoms with Crippen LogP contribution in [0.4, 0.5) is 17.6 Å². The van der Waals surface area contributed by atoms with Crippen molar-refractivity contribution in [1.82, 2.24) is 5.32 Å². The summed E-state index contributed by atoms with van der Waals surface area (Å²) in [7, 11) is 5.56. The third-order valence-electron chi connectivity index (χ3n) is 24.3. The van der Waals surface area contributed by atoms with Crippen molar-refractivity contribution in [1.29, 1.82) is 0 Å². The molecule has 0 unspecified atom stereocenters. The number of halogens is 4. The molecule has 648 valence electrons. The molecule has 2 aliphatic carbocycles. The summed E-state index contributed by atoms with van der Waals surface area (Å²) >= 11 is 0. The number of nitrogens with two attached hydrogens (primary N) is 1. The Balaban J connectivity index is 0.000000250. The van der Waals surface area contributed by atoms with Crippen LogP contribution < -0.4 is 31.4 Å². The second-order valence-corrected chi connectivity index (χ2v) is 33.4. The van der Waals surface area contributed by atoms with Gasteiger partial charge in [0.15, 0.2) is 0 Å². The fourth-order valence-corrected chi connectivity index (χ4v) is 16.4. The minimum absolute atomic E-state index is 0. The van der Waals surface area contributed by atoms with Gasteiger partial charge in [-0.3, -0.25) is 4.79 Å². The molecule has 12 rings (SSSR count). The molecule has 2 aliphatic heterocycles. The Kier molecular flexibility index (Phi) is 34.2. The number of hydrogen-bond acceptors (Lipinski definition) is 16. The second kappa shape index (κ2) is 43.5. The highest BCUT2D eigenvalue weighted by Crippen LogP contribution is 2.57. The highest BCUT2D eigenvalue weighted by Gasteiger charge is 2.54. The van der Waals surface area contributed by atoms with Crippen LogP contribution in [0.15, 0.2) is 146 Å².